The summed E-state index contributed by atoms with van der Waals surface area (Å²) >= 11 is 1.57. The van der Waals surface area contributed by atoms with Crippen molar-refractivity contribution >= 4 is 17.2 Å². The van der Waals surface area contributed by atoms with Gasteiger partial charge in [-0.15, -0.1) is 0 Å². The molecule has 0 saturated heterocycles. The molecule has 1 aromatic carbocycles. The second-order valence-electron chi connectivity index (χ2n) is 5.49. The minimum absolute atomic E-state index is 0.0760. The van der Waals surface area contributed by atoms with Gasteiger partial charge in [0.05, 0.1) is 0 Å². The highest BCUT2D eigenvalue weighted by Gasteiger charge is 2.14. The molecule has 25 heavy (non-hydrogen) atoms. The number of nitrogens with zero attached hydrogens (tertiary/aromatic N) is 2. The number of hydrogen-bond acceptors (Lipinski definition) is 7. The zero-order chi connectivity index (χ0) is 17.1. The molecular weight excluding hydrogens is 342 g/mol. The van der Waals surface area contributed by atoms with Crippen molar-refractivity contribution in [2.45, 2.75) is 19.4 Å². The molecule has 0 bridgehead atoms. The highest BCUT2D eigenvalue weighted by Crippen LogP contribution is 2.32. The first kappa shape index (κ1) is 15.6. The Morgan fingerprint density at radius 1 is 1.24 bits per heavy atom. The minimum Gasteiger partial charge on any atom is -0.454 e. The maximum atomic E-state index is 12.0. The molecule has 0 aliphatic carbocycles. The van der Waals surface area contributed by atoms with Gasteiger partial charge in [0.15, 0.2) is 11.5 Å². The van der Waals surface area contributed by atoms with E-state index in [9.17, 15) is 4.79 Å². The zero-order valence-electron chi connectivity index (χ0n) is 13.2. The van der Waals surface area contributed by atoms with Gasteiger partial charge in [-0.2, -0.15) is 16.3 Å². The summed E-state index contributed by atoms with van der Waals surface area (Å²) < 4.78 is 15.8. The maximum Gasteiger partial charge on any atom is 0.231 e. The van der Waals surface area contributed by atoms with Crippen LogP contribution in [0, 0.1) is 0 Å². The van der Waals surface area contributed by atoms with Crippen LogP contribution in [0.1, 0.15) is 17.9 Å². The third-order valence-corrected chi connectivity index (χ3v) is 4.42. The Balaban J connectivity index is 1.27. The number of carbonyl (C=O) groups excluding carboxylic acids is 1. The lowest BCUT2D eigenvalue weighted by Crippen LogP contribution is -2.23. The second kappa shape index (κ2) is 6.94. The quantitative estimate of drug-likeness (QED) is 0.730. The van der Waals surface area contributed by atoms with E-state index in [2.05, 4.69) is 15.5 Å². The van der Waals surface area contributed by atoms with Crippen LogP contribution in [0.15, 0.2) is 39.5 Å². The Kier molecular flexibility index (Phi) is 4.34. The lowest BCUT2D eigenvalue weighted by molar-refractivity contribution is -0.121. The smallest absolute Gasteiger partial charge is 0.231 e. The molecule has 0 radical (unpaired) electrons. The Morgan fingerprint density at radius 2 is 2.16 bits per heavy atom. The van der Waals surface area contributed by atoms with Crippen LogP contribution in [0.5, 0.6) is 11.5 Å². The Morgan fingerprint density at radius 3 is 3.04 bits per heavy atom. The summed E-state index contributed by atoms with van der Waals surface area (Å²) in [5, 5.41) is 10.7. The molecule has 1 aliphatic heterocycles. The first-order valence-corrected chi connectivity index (χ1v) is 8.72. The third kappa shape index (κ3) is 3.63. The zero-order valence-corrected chi connectivity index (χ0v) is 14.0. The third-order valence-electron chi connectivity index (χ3n) is 3.74. The Bertz CT molecular complexity index is 876. The van der Waals surface area contributed by atoms with E-state index in [1.807, 2.05) is 35.0 Å². The maximum absolute atomic E-state index is 12.0. The highest BCUT2D eigenvalue weighted by atomic mass is 32.1. The van der Waals surface area contributed by atoms with Crippen LogP contribution in [-0.2, 0) is 17.8 Å². The van der Waals surface area contributed by atoms with Gasteiger partial charge in [0.2, 0.25) is 24.4 Å². The lowest BCUT2D eigenvalue weighted by Gasteiger charge is -2.05. The summed E-state index contributed by atoms with van der Waals surface area (Å²) in [6, 6.07) is 7.54. The lowest BCUT2D eigenvalue weighted by atomic mass is 10.2. The van der Waals surface area contributed by atoms with Gasteiger partial charge in [0.25, 0.3) is 0 Å². The van der Waals surface area contributed by atoms with Crippen LogP contribution in [0.25, 0.3) is 11.4 Å². The van der Waals surface area contributed by atoms with E-state index in [1.54, 1.807) is 11.3 Å². The van der Waals surface area contributed by atoms with Crippen molar-refractivity contribution in [3.63, 3.8) is 0 Å². The Labute approximate surface area is 147 Å². The van der Waals surface area contributed by atoms with Crippen molar-refractivity contribution in [3.05, 3.63) is 46.5 Å². The minimum atomic E-state index is -0.0760. The molecule has 128 valence electrons. The van der Waals surface area contributed by atoms with Gasteiger partial charge in [0, 0.05) is 30.3 Å². The van der Waals surface area contributed by atoms with E-state index in [1.165, 1.54) is 0 Å². The predicted octanol–water partition coefficient (Wildman–Crippen LogP) is 2.78. The topological polar surface area (TPSA) is 86.5 Å². The summed E-state index contributed by atoms with van der Waals surface area (Å²) in [4.78, 5) is 16.3. The van der Waals surface area contributed by atoms with E-state index >= 15 is 0 Å². The fourth-order valence-corrected chi connectivity index (χ4v) is 3.06. The number of thiophene rings is 1. The normalized spacial score (nSPS) is 12.3. The number of carbonyl (C=O) groups is 1. The van der Waals surface area contributed by atoms with E-state index in [-0.39, 0.29) is 19.1 Å². The number of fused-ring (bicyclic) bond motifs is 1. The monoisotopic (exact) mass is 357 g/mol. The molecule has 0 saturated carbocycles. The molecule has 0 spiro atoms. The summed E-state index contributed by atoms with van der Waals surface area (Å²) in [5.41, 5.74) is 1.88. The van der Waals surface area contributed by atoms with E-state index < -0.39 is 0 Å². The molecule has 0 atom stereocenters. The average Bonchev–Trinajstić information content (AvgIpc) is 3.38. The molecule has 2 aromatic heterocycles. The van der Waals surface area contributed by atoms with E-state index in [0.29, 0.717) is 30.4 Å². The number of nitrogens with one attached hydrogen (secondary N) is 1. The molecule has 7 nitrogen and oxygen atoms in total. The SMILES string of the molecule is O=C(CCc1nc(-c2ccsc2)no1)NCc1ccc2c(c1)OCO2. The number of amides is 1. The van der Waals surface area contributed by atoms with Gasteiger partial charge in [-0.1, -0.05) is 11.2 Å². The highest BCUT2D eigenvalue weighted by molar-refractivity contribution is 7.08. The van der Waals surface area contributed by atoms with Crippen molar-refractivity contribution in [2.75, 3.05) is 6.79 Å². The van der Waals surface area contributed by atoms with Crippen LogP contribution < -0.4 is 14.8 Å². The molecule has 4 rings (SSSR count). The molecule has 1 N–H and O–H groups in total. The summed E-state index contributed by atoms with van der Waals surface area (Å²) in [6.45, 7) is 0.669. The fourth-order valence-electron chi connectivity index (χ4n) is 2.43. The largest absolute Gasteiger partial charge is 0.454 e. The van der Waals surface area contributed by atoms with Crippen molar-refractivity contribution < 1.29 is 18.8 Å². The van der Waals surface area contributed by atoms with Gasteiger partial charge in [-0.3, -0.25) is 4.79 Å². The first-order chi connectivity index (χ1) is 12.3. The second-order valence-corrected chi connectivity index (χ2v) is 6.27. The number of rotatable bonds is 6. The molecule has 1 amide bonds. The van der Waals surface area contributed by atoms with Gasteiger partial charge in [-0.25, -0.2) is 0 Å². The van der Waals surface area contributed by atoms with Gasteiger partial charge in [0.1, 0.15) is 0 Å². The summed E-state index contributed by atoms with van der Waals surface area (Å²) in [7, 11) is 0. The van der Waals surface area contributed by atoms with E-state index in [4.69, 9.17) is 14.0 Å². The number of hydrogen-bond donors (Lipinski definition) is 1. The number of ether oxygens (including phenoxy) is 2. The van der Waals surface area contributed by atoms with Gasteiger partial charge < -0.3 is 19.3 Å². The van der Waals surface area contributed by atoms with Gasteiger partial charge >= 0.3 is 0 Å². The van der Waals surface area contributed by atoms with Crippen LogP contribution in [0.3, 0.4) is 0 Å². The van der Waals surface area contributed by atoms with Crippen LogP contribution in [0.2, 0.25) is 0 Å². The molecule has 1 aliphatic rings. The van der Waals surface area contributed by atoms with Gasteiger partial charge in [-0.05, 0) is 29.1 Å². The van der Waals surface area contributed by atoms with Crippen LogP contribution in [0.4, 0.5) is 0 Å². The van der Waals surface area contributed by atoms with Crippen molar-refractivity contribution in [2.24, 2.45) is 0 Å². The number of aromatic nitrogens is 2. The van der Waals surface area contributed by atoms with Crippen LogP contribution >= 0.6 is 11.3 Å². The first-order valence-electron chi connectivity index (χ1n) is 7.78. The van der Waals surface area contributed by atoms with Crippen LogP contribution in [-0.4, -0.2) is 22.8 Å². The van der Waals surface area contributed by atoms with Crippen molar-refractivity contribution in [3.8, 4) is 22.9 Å². The fraction of sp³-hybridized carbons (Fsp3) is 0.235. The Hall–Kier alpha value is -2.87. The van der Waals surface area contributed by atoms with Crippen molar-refractivity contribution in [1.29, 1.82) is 0 Å². The molecule has 3 heterocycles. The summed E-state index contributed by atoms with van der Waals surface area (Å²) in [6.07, 6.45) is 0.694. The average molecular weight is 357 g/mol. The molecule has 0 fully saturated rings. The number of aryl methyl sites for hydroxylation is 1. The molecule has 8 heteroatoms. The predicted molar refractivity (Wildman–Crippen MR) is 90.3 cm³/mol. The number of benzene rings is 1. The van der Waals surface area contributed by atoms with E-state index in [0.717, 1.165) is 16.9 Å². The summed E-state index contributed by atoms with van der Waals surface area (Å²) in [5.74, 6) is 2.37. The molecule has 3 aromatic rings. The molecule has 0 unspecified atom stereocenters. The van der Waals surface area contributed by atoms with Crippen molar-refractivity contribution in [1.82, 2.24) is 15.5 Å². The molecular formula is C17H15N3O4S. The standard InChI is InChI=1S/C17H15N3O4S/c21-15(18-8-11-1-2-13-14(7-11)23-10-22-13)3-4-16-19-17(20-24-16)12-5-6-25-9-12/h1-2,5-7,9H,3-4,8,10H2,(H,18,21).